The molecular weight excluding hydrogens is 418 g/mol. The van der Waals surface area contributed by atoms with Crippen LogP contribution in [0.15, 0.2) is 44.4 Å². The van der Waals surface area contributed by atoms with E-state index in [2.05, 4.69) is 9.97 Å². The second-order valence-electron chi connectivity index (χ2n) is 6.53. The van der Waals surface area contributed by atoms with Gasteiger partial charge in [-0.05, 0) is 19.1 Å². The normalized spacial score (nSPS) is 15.7. The summed E-state index contributed by atoms with van der Waals surface area (Å²) < 4.78 is 28.1. The molecule has 0 saturated carbocycles. The number of fused-ring (bicyclic) bond motifs is 1. The average Bonchev–Trinajstić information content (AvgIpc) is 3.07. The van der Waals surface area contributed by atoms with E-state index in [1.165, 1.54) is 32.9 Å². The van der Waals surface area contributed by atoms with Crippen LogP contribution >= 0.6 is 11.3 Å². The molecule has 4 rings (SSSR count). The Morgan fingerprint density at radius 2 is 1.90 bits per heavy atom. The quantitative estimate of drug-likeness (QED) is 0.613. The van der Waals surface area contributed by atoms with E-state index in [1.54, 1.807) is 18.2 Å². The Morgan fingerprint density at radius 3 is 2.55 bits per heavy atom. The Hall–Kier alpha value is -2.83. The van der Waals surface area contributed by atoms with Crippen molar-refractivity contribution in [1.82, 2.24) is 23.6 Å². The lowest BCUT2D eigenvalue weighted by atomic mass is 10.2. The minimum Gasteiger partial charge on any atom is -0.336 e. The van der Waals surface area contributed by atoms with Gasteiger partial charge in [-0.3, -0.25) is 18.8 Å². The molecule has 1 aliphatic heterocycles. The maximum atomic E-state index is 12.8. The summed E-state index contributed by atoms with van der Waals surface area (Å²) in [6.45, 7) is 1.94. The highest BCUT2D eigenvalue weighted by Gasteiger charge is 2.33. The highest BCUT2D eigenvalue weighted by molar-refractivity contribution is 7.91. The molecule has 29 heavy (non-hydrogen) atoms. The van der Waals surface area contributed by atoms with Crippen molar-refractivity contribution in [1.29, 1.82) is 0 Å². The van der Waals surface area contributed by atoms with Crippen molar-refractivity contribution >= 4 is 32.9 Å². The number of piperazine rings is 1. The van der Waals surface area contributed by atoms with E-state index in [4.69, 9.17) is 0 Å². The monoisotopic (exact) mass is 435 g/mol. The highest BCUT2D eigenvalue weighted by Crippen LogP contribution is 2.22. The molecule has 12 heteroatoms. The molecule has 0 atom stereocenters. The van der Waals surface area contributed by atoms with Crippen LogP contribution in [0.3, 0.4) is 0 Å². The fraction of sp³-hybridized carbons (Fsp3) is 0.294. The number of H-pyrrole nitrogens is 1. The summed E-state index contributed by atoms with van der Waals surface area (Å²) in [4.78, 5) is 44.5. The second kappa shape index (κ2) is 7.21. The highest BCUT2D eigenvalue weighted by atomic mass is 32.2. The summed E-state index contributed by atoms with van der Waals surface area (Å²) in [7, 11) is -3.82. The van der Waals surface area contributed by atoms with E-state index in [0.717, 1.165) is 0 Å². The third kappa shape index (κ3) is 3.39. The van der Waals surface area contributed by atoms with Crippen molar-refractivity contribution in [2.45, 2.75) is 11.1 Å². The zero-order chi connectivity index (χ0) is 20.8. The topological polar surface area (TPSA) is 125 Å². The van der Waals surface area contributed by atoms with Gasteiger partial charge < -0.3 is 9.88 Å². The van der Waals surface area contributed by atoms with Crippen LogP contribution in [0, 0.1) is 6.92 Å². The number of pyridine rings is 1. The number of hydrogen-bond acceptors (Lipinski definition) is 7. The molecule has 0 aromatic carbocycles. The fourth-order valence-corrected chi connectivity index (χ4v) is 6.09. The standard InChI is InChI=1S/C17H17N5O5S2/c1-11-16(28-17(25)19-11)29(26,27)21-8-6-20(7-9-21)14(23)12-10-18-13-4-2-3-5-22(13)15(12)24/h2-5,10H,6-9H2,1H3,(H,19,25). The first-order valence-electron chi connectivity index (χ1n) is 8.74. The van der Waals surface area contributed by atoms with Gasteiger partial charge in [0.05, 0.1) is 0 Å². The van der Waals surface area contributed by atoms with E-state index in [1.807, 2.05) is 0 Å². The lowest BCUT2D eigenvalue weighted by Crippen LogP contribution is -2.51. The van der Waals surface area contributed by atoms with Crippen LogP contribution in [0.25, 0.3) is 5.65 Å². The number of thiazole rings is 1. The molecule has 10 nitrogen and oxygen atoms in total. The largest absolute Gasteiger partial charge is 0.336 e. The van der Waals surface area contributed by atoms with Gasteiger partial charge in [-0.1, -0.05) is 17.4 Å². The number of carbonyl (C=O) groups excluding carboxylic acids is 1. The van der Waals surface area contributed by atoms with E-state index in [9.17, 15) is 22.8 Å². The van der Waals surface area contributed by atoms with Crippen molar-refractivity contribution < 1.29 is 13.2 Å². The lowest BCUT2D eigenvalue weighted by Gasteiger charge is -2.33. The number of aromatic nitrogens is 3. The number of nitrogens with one attached hydrogen (secondary N) is 1. The van der Waals surface area contributed by atoms with Gasteiger partial charge in [0.15, 0.2) is 4.21 Å². The van der Waals surface area contributed by atoms with E-state index in [0.29, 0.717) is 22.7 Å². The smallest absolute Gasteiger partial charge is 0.305 e. The van der Waals surface area contributed by atoms with Gasteiger partial charge in [0.2, 0.25) is 0 Å². The number of nitrogens with zero attached hydrogens (tertiary/aromatic N) is 4. The molecule has 4 heterocycles. The van der Waals surface area contributed by atoms with Gasteiger partial charge in [-0.15, -0.1) is 0 Å². The molecule has 1 aliphatic rings. The van der Waals surface area contributed by atoms with Crippen molar-refractivity contribution in [3.63, 3.8) is 0 Å². The third-order valence-electron chi connectivity index (χ3n) is 4.73. The van der Waals surface area contributed by atoms with Crippen LogP contribution in [-0.2, 0) is 10.0 Å². The minimum absolute atomic E-state index is 0.0146. The van der Waals surface area contributed by atoms with Gasteiger partial charge in [0.25, 0.3) is 21.5 Å². The zero-order valence-corrected chi connectivity index (χ0v) is 17.0. The van der Waals surface area contributed by atoms with E-state index < -0.39 is 26.4 Å². The number of rotatable bonds is 3. The molecule has 0 spiro atoms. The second-order valence-corrected chi connectivity index (χ2v) is 9.65. The summed E-state index contributed by atoms with van der Waals surface area (Å²) >= 11 is 0.648. The average molecular weight is 435 g/mol. The molecule has 152 valence electrons. The SMILES string of the molecule is Cc1[nH]c(=O)sc1S(=O)(=O)N1CCN(C(=O)c2cnc3ccccn3c2=O)CC1. The fourth-order valence-electron chi connectivity index (χ4n) is 3.23. The number of aromatic amines is 1. The lowest BCUT2D eigenvalue weighted by molar-refractivity contribution is 0.0695. The zero-order valence-electron chi connectivity index (χ0n) is 15.4. The molecular formula is C17H17N5O5S2. The first-order valence-corrected chi connectivity index (χ1v) is 11.0. The predicted molar refractivity (Wildman–Crippen MR) is 106 cm³/mol. The van der Waals surface area contributed by atoms with Gasteiger partial charge in [0.1, 0.15) is 11.2 Å². The van der Waals surface area contributed by atoms with Gasteiger partial charge >= 0.3 is 4.87 Å². The molecule has 0 bridgehead atoms. The molecule has 3 aromatic heterocycles. The maximum Gasteiger partial charge on any atom is 0.305 e. The molecule has 1 fully saturated rings. The molecule has 0 unspecified atom stereocenters. The summed E-state index contributed by atoms with van der Waals surface area (Å²) in [5, 5.41) is 0. The number of hydrogen-bond donors (Lipinski definition) is 1. The van der Waals surface area contributed by atoms with Crippen LogP contribution in [0.2, 0.25) is 0 Å². The maximum absolute atomic E-state index is 12.8. The van der Waals surface area contributed by atoms with Crippen molar-refractivity contribution in [2.75, 3.05) is 26.2 Å². The Balaban J connectivity index is 1.53. The summed E-state index contributed by atoms with van der Waals surface area (Å²) in [6, 6.07) is 5.08. The Morgan fingerprint density at radius 1 is 1.17 bits per heavy atom. The molecule has 3 aromatic rings. The van der Waals surface area contributed by atoms with Gasteiger partial charge in [0, 0.05) is 44.3 Å². The number of amides is 1. The van der Waals surface area contributed by atoms with Gasteiger partial charge in [-0.25, -0.2) is 13.4 Å². The summed E-state index contributed by atoms with van der Waals surface area (Å²) in [5.74, 6) is -0.486. The molecule has 1 amide bonds. The van der Waals surface area contributed by atoms with Crippen molar-refractivity contribution in [2.24, 2.45) is 0 Å². The summed E-state index contributed by atoms with van der Waals surface area (Å²) in [6.07, 6.45) is 2.79. The number of carbonyl (C=O) groups is 1. The van der Waals surface area contributed by atoms with Crippen LogP contribution < -0.4 is 10.4 Å². The minimum atomic E-state index is -3.82. The Kier molecular flexibility index (Phi) is 4.84. The Labute approximate surface area is 169 Å². The van der Waals surface area contributed by atoms with Crippen LogP contribution in [0.4, 0.5) is 0 Å². The number of aryl methyl sites for hydroxylation is 1. The molecule has 1 N–H and O–H groups in total. The Bertz CT molecular complexity index is 1320. The van der Waals surface area contributed by atoms with Crippen molar-refractivity contribution in [3.05, 3.63) is 61.9 Å². The summed E-state index contributed by atoms with van der Waals surface area (Å²) in [5.41, 5.74) is 0.202. The van der Waals surface area contributed by atoms with E-state index in [-0.39, 0.29) is 36.0 Å². The van der Waals surface area contributed by atoms with E-state index >= 15 is 0 Å². The van der Waals surface area contributed by atoms with Crippen LogP contribution in [0.5, 0.6) is 0 Å². The van der Waals surface area contributed by atoms with Crippen LogP contribution in [0.1, 0.15) is 16.1 Å². The first-order chi connectivity index (χ1) is 13.8. The van der Waals surface area contributed by atoms with Crippen LogP contribution in [-0.4, -0.2) is 64.1 Å². The van der Waals surface area contributed by atoms with Gasteiger partial charge in [-0.2, -0.15) is 4.31 Å². The number of sulfonamides is 1. The molecule has 0 aliphatic carbocycles. The molecule has 0 radical (unpaired) electrons. The van der Waals surface area contributed by atoms with Crippen molar-refractivity contribution in [3.8, 4) is 0 Å². The molecule has 1 saturated heterocycles. The third-order valence-corrected chi connectivity index (χ3v) is 8.21. The first kappa shape index (κ1) is 19.5. The predicted octanol–water partition coefficient (Wildman–Crippen LogP) is -0.101.